The van der Waals surface area contributed by atoms with Gasteiger partial charge in [-0.25, -0.2) is 9.97 Å². The third-order valence-electron chi connectivity index (χ3n) is 2.46. The van der Waals surface area contributed by atoms with Gasteiger partial charge < -0.3 is 4.74 Å². The smallest absolute Gasteiger partial charge is 0.228 e. The van der Waals surface area contributed by atoms with Crippen molar-refractivity contribution >= 4 is 27.3 Å². The minimum atomic E-state index is 0.623. The van der Waals surface area contributed by atoms with Crippen molar-refractivity contribution in [2.75, 3.05) is 6.61 Å². The first-order valence-electron chi connectivity index (χ1n) is 5.31. The third-order valence-corrected chi connectivity index (χ3v) is 4.42. The van der Waals surface area contributed by atoms with Crippen molar-refractivity contribution in [3.8, 4) is 5.88 Å². The summed E-state index contributed by atoms with van der Waals surface area (Å²) in [5.74, 6) is 0.659. The van der Waals surface area contributed by atoms with Gasteiger partial charge in [-0.2, -0.15) is 0 Å². The number of rotatable bonds is 4. The highest BCUT2D eigenvalue weighted by molar-refractivity contribution is 9.10. The van der Waals surface area contributed by atoms with Crippen LogP contribution in [0.25, 0.3) is 0 Å². The Kier molecular flexibility index (Phi) is 4.12. The first-order chi connectivity index (χ1) is 8.18. The van der Waals surface area contributed by atoms with Gasteiger partial charge in [0, 0.05) is 17.5 Å². The maximum absolute atomic E-state index is 5.67. The Bertz CT molecular complexity index is 513. The molecule has 90 valence electrons. The molecule has 0 N–H and O–H groups in total. The molecule has 0 fully saturated rings. The molecule has 0 spiro atoms. The Labute approximate surface area is 113 Å². The standard InChI is InChI=1S/C12H13BrN2OS/c1-8-3-5-14-12(11(8)13)16-6-4-10-9(2)15-7-17-10/h3,5,7H,4,6H2,1-2H3. The summed E-state index contributed by atoms with van der Waals surface area (Å²) in [5, 5.41) is 0. The lowest BCUT2D eigenvalue weighted by molar-refractivity contribution is 0.308. The van der Waals surface area contributed by atoms with E-state index < -0.39 is 0 Å². The number of hydrogen-bond donors (Lipinski definition) is 0. The van der Waals surface area contributed by atoms with Crippen LogP contribution in [-0.2, 0) is 6.42 Å². The number of pyridine rings is 1. The predicted octanol–water partition coefficient (Wildman–Crippen LogP) is 3.54. The maximum atomic E-state index is 5.67. The molecule has 0 aliphatic carbocycles. The summed E-state index contributed by atoms with van der Waals surface area (Å²) in [4.78, 5) is 9.68. The number of thiazole rings is 1. The van der Waals surface area contributed by atoms with Gasteiger partial charge in [0.25, 0.3) is 0 Å². The minimum absolute atomic E-state index is 0.623. The van der Waals surface area contributed by atoms with Crippen LogP contribution in [0.1, 0.15) is 16.1 Å². The Balaban J connectivity index is 1.95. The summed E-state index contributed by atoms with van der Waals surface area (Å²) in [6, 6.07) is 1.95. The van der Waals surface area contributed by atoms with Crippen molar-refractivity contribution in [3.05, 3.63) is 38.4 Å². The summed E-state index contributed by atoms with van der Waals surface area (Å²) in [5.41, 5.74) is 4.09. The van der Waals surface area contributed by atoms with Crippen LogP contribution in [-0.4, -0.2) is 16.6 Å². The molecule has 0 saturated heterocycles. The van der Waals surface area contributed by atoms with E-state index in [1.54, 1.807) is 17.5 Å². The Morgan fingerprint density at radius 1 is 1.35 bits per heavy atom. The summed E-state index contributed by atoms with van der Waals surface area (Å²) in [6.07, 6.45) is 2.63. The molecule has 2 aromatic heterocycles. The number of hydrogen-bond acceptors (Lipinski definition) is 4. The fourth-order valence-corrected chi connectivity index (χ4v) is 2.53. The molecule has 5 heteroatoms. The SMILES string of the molecule is Cc1ccnc(OCCc2scnc2C)c1Br. The molecule has 2 rings (SSSR count). The number of aromatic nitrogens is 2. The summed E-state index contributed by atoms with van der Waals surface area (Å²) >= 11 is 5.15. The van der Waals surface area contributed by atoms with Gasteiger partial charge in [0.05, 0.1) is 22.3 Å². The number of ether oxygens (including phenoxy) is 1. The monoisotopic (exact) mass is 312 g/mol. The molecule has 0 atom stereocenters. The summed E-state index contributed by atoms with van der Waals surface area (Å²) in [6.45, 7) is 4.66. The lowest BCUT2D eigenvalue weighted by Gasteiger charge is -2.07. The molecule has 0 amide bonds. The van der Waals surface area contributed by atoms with Gasteiger partial charge in [0.1, 0.15) is 0 Å². The average molecular weight is 313 g/mol. The Morgan fingerprint density at radius 3 is 2.88 bits per heavy atom. The highest BCUT2D eigenvalue weighted by Gasteiger charge is 2.06. The second-order valence-corrected chi connectivity index (χ2v) is 5.44. The van der Waals surface area contributed by atoms with E-state index in [1.807, 2.05) is 25.4 Å². The van der Waals surface area contributed by atoms with Gasteiger partial charge in [0.15, 0.2) is 0 Å². The second kappa shape index (κ2) is 5.60. The molecule has 0 bridgehead atoms. The van der Waals surface area contributed by atoms with E-state index in [9.17, 15) is 0 Å². The number of aryl methyl sites for hydroxylation is 2. The van der Waals surface area contributed by atoms with Crippen LogP contribution in [0.15, 0.2) is 22.2 Å². The zero-order chi connectivity index (χ0) is 12.3. The molecule has 2 heterocycles. The highest BCUT2D eigenvalue weighted by atomic mass is 79.9. The van der Waals surface area contributed by atoms with Crippen molar-refractivity contribution in [1.29, 1.82) is 0 Å². The van der Waals surface area contributed by atoms with Gasteiger partial charge in [0.2, 0.25) is 5.88 Å². The zero-order valence-corrected chi connectivity index (χ0v) is 12.1. The minimum Gasteiger partial charge on any atom is -0.476 e. The molecule has 0 unspecified atom stereocenters. The molecular weight excluding hydrogens is 300 g/mol. The van der Waals surface area contributed by atoms with E-state index >= 15 is 0 Å². The van der Waals surface area contributed by atoms with Crippen LogP contribution >= 0.6 is 27.3 Å². The largest absolute Gasteiger partial charge is 0.476 e. The van der Waals surface area contributed by atoms with Crippen LogP contribution in [0.4, 0.5) is 0 Å². The first kappa shape index (κ1) is 12.5. The molecule has 0 aromatic carbocycles. The maximum Gasteiger partial charge on any atom is 0.228 e. The number of halogens is 1. The molecule has 17 heavy (non-hydrogen) atoms. The molecule has 2 aromatic rings. The zero-order valence-electron chi connectivity index (χ0n) is 9.74. The van der Waals surface area contributed by atoms with Crippen LogP contribution in [0, 0.1) is 13.8 Å². The number of nitrogens with zero attached hydrogens (tertiary/aromatic N) is 2. The fourth-order valence-electron chi connectivity index (χ4n) is 1.42. The molecular formula is C12H13BrN2OS. The van der Waals surface area contributed by atoms with Gasteiger partial charge in [-0.3, -0.25) is 0 Å². The Morgan fingerprint density at radius 2 is 2.18 bits per heavy atom. The predicted molar refractivity (Wildman–Crippen MR) is 72.7 cm³/mol. The third kappa shape index (κ3) is 3.04. The van der Waals surface area contributed by atoms with Crippen molar-refractivity contribution in [1.82, 2.24) is 9.97 Å². The lowest BCUT2D eigenvalue weighted by atomic mass is 10.3. The van der Waals surface area contributed by atoms with E-state index in [1.165, 1.54) is 4.88 Å². The van der Waals surface area contributed by atoms with E-state index in [2.05, 4.69) is 25.9 Å². The molecule has 0 aliphatic rings. The molecule has 0 saturated carbocycles. The quantitative estimate of drug-likeness (QED) is 0.866. The highest BCUT2D eigenvalue weighted by Crippen LogP contribution is 2.25. The fraction of sp³-hybridized carbons (Fsp3) is 0.333. The lowest BCUT2D eigenvalue weighted by Crippen LogP contribution is -2.03. The Hall–Kier alpha value is -0.940. The molecule has 3 nitrogen and oxygen atoms in total. The first-order valence-corrected chi connectivity index (χ1v) is 6.98. The van der Waals surface area contributed by atoms with Gasteiger partial charge in [-0.05, 0) is 41.4 Å². The van der Waals surface area contributed by atoms with Crippen molar-refractivity contribution in [2.45, 2.75) is 20.3 Å². The van der Waals surface area contributed by atoms with Crippen LogP contribution < -0.4 is 4.74 Å². The topological polar surface area (TPSA) is 35.0 Å². The van der Waals surface area contributed by atoms with E-state index in [0.29, 0.717) is 12.5 Å². The van der Waals surface area contributed by atoms with Crippen LogP contribution in [0.2, 0.25) is 0 Å². The van der Waals surface area contributed by atoms with E-state index in [4.69, 9.17) is 4.74 Å². The van der Waals surface area contributed by atoms with Gasteiger partial charge >= 0.3 is 0 Å². The van der Waals surface area contributed by atoms with E-state index in [0.717, 1.165) is 22.2 Å². The van der Waals surface area contributed by atoms with Gasteiger partial charge in [-0.15, -0.1) is 11.3 Å². The molecule has 0 aliphatic heterocycles. The van der Waals surface area contributed by atoms with E-state index in [-0.39, 0.29) is 0 Å². The van der Waals surface area contributed by atoms with Crippen molar-refractivity contribution in [3.63, 3.8) is 0 Å². The molecule has 0 radical (unpaired) electrons. The normalized spacial score (nSPS) is 10.5. The van der Waals surface area contributed by atoms with Gasteiger partial charge in [-0.1, -0.05) is 0 Å². The van der Waals surface area contributed by atoms with Crippen molar-refractivity contribution < 1.29 is 4.74 Å². The summed E-state index contributed by atoms with van der Waals surface area (Å²) in [7, 11) is 0. The summed E-state index contributed by atoms with van der Waals surface area (Å²) < 4.78 is 6.60. The average Bonchev–Trinajstić information content (AvgIpc) is 2.71. The van der Waals surface area contributed by atoms with Crippen molar-refractivity contribution in [2.24, 2.45) is 0 Å². The second-order valence-electron chi connectivity index (χ2n) is 3.71. The van der Waals surface area contributed by atoms with Crippen LogP contribution in [0.5, 0.6) is 5.88 Å². The van der Waals surface area contributed by atoms with Crippen LogP contribution in [0.3, 0.4) is 0 Å².